The number of carbonyl (C=O) groups excluding carboxylic acids is 3. The van der Waals surface area contributed by atoms with Crippen molar-refractivity contribution in [2.75, 3.05) is 13.7 Å². The highest BCUT2D eigenvalue weighted by Gasteiger charge is 2.48. The molecule has 36 heavy (non-hydrogen) atoms. The molecule has 1 aromatic heterocycles. The molecule has 1 aliphatic heterocycles. The highest BCUT2D eigenvalue weighted by molar-refractivity contribution is 6.17. The van der Waals surface area contributed by atoms with Gasteiger partial charge >= 0.3 is 6.03 Å². The van der Waals surface area contributed by atoms with E-state index < -0.39 is 17.5 Å². The standard InChI is InChI=1S/C29H27N3O4/c1-29(17-20-13-7-10-16-24(20)36-3)27(34)32(28(35)30-29)18-23(33)25-21-14-8-9-15-22(21)31(2)26(25)19-11-5-4-6-12-19/h4-16H,17-18H2,1-3H3,(H,30,35)/t29-/m1/s1. The average molecular weight is 482 g/mol. The van der Waals surface area contributed by atoms with Crippen molar-refractivity contribution in [2.45, 2.75) is 18.9 Å². The minimum absolute atomic E-state index is 0.246. The first kappa shape index (κ1) is 23.4. The number of para-hydroxylation sites is 2. The zero-order valence-corrected chi connectivity index (χ0v) is 20.4. The van der Waals surface area contributed by atoms with Crippen molar-refractivity contribution in [1.29, 1.82) is 0 Å². The lowest BCUT2D eigenvalue weighted by atomic mass is 9.92. The van der Waals surface area contributed by atoms with E-state index in [9.17, 15) is 14.4 Å². The van der Waals surface area contributed by atoms with Gasteiger partial charge in [-0.05, 0) is 30.2 Å². The molecule has 5 rings (SSSR count). The Kier molecular flexibility index (Phi) is 5.84. The predicted octanol–water partition coefficient (Wildman–Crippen LogP) is 4.59. The van der Waals surface area contributed by atoms with Crippen molar-refractivity contribution in [3.05, 3.63) is 90.0 Å². The molecule has 1 N–H and O–H groups in total. The van der Waals surface area contributed by atoms with Gasteiger partial charge in [0.1, 0.15) is 11.3 Å². The fraction of sp³-hybridized carbons (Fsp3) is 0.207. The number of methoxy groups -OCH3 is 1. The fourth-order valence-corrected chi connectivity index (χ4v) is 5.07. The van der Waals surface area contributed by atoms with Crippen molar-refractivity contribution < 1.29 is 19.1 Å². The Balaban J connectivity index is 1.49. The van der Waals surface area contributed by atoms with Gasteiger partial charge in [-0.25, -0.2) is 4.79 Å². The second kappa shape index (κ2) is 9.00. The van der Waals surface area contributed by atoms with Gasteiger partial charge in [0.05, 0.1) is 24.9 Å². The summed E-state index contributed by atoms with van der Waals surface area (Å²) in [4.78, 5) is 41.2. The first-order valence-electron chi connectivity index (χ1n) is 11.8. The molecule has 1 atom stereocenters. The number of benzene rings is 3. The van der Waals surface area contributed by atoms with Gasteiger partial charge in [0, 0.05) is 24.4 Å². The first-order chi connectivity index (χ1) is 17.3. The van der Waals surface area contributed by atoms with Gasteiger partial charge in [0.25, 0.3) is 5.91 Å². The number of ether oxygens (including phenoxy) is 1. The van der Waals surface area contributed by atoms with Crippen LogP contribution in [0.25, 0.3) is 22.2 Å². The fourth-order valence-electron chi connectivity index (χ4n) is 5.07. The zero-order valence-electron chi connectivity index (χ0n) is 20.4. The number of fused-ring (bicyclic) bond motifs is 1. The highest BCUT2D eigenvalue weighted by atomic mass is 16.5. The lowest BCUT2D eigenvalue weighted by molar-refractivity contribution is -0.130. The van der Waals surface area contributed by atoms with E-state index in [1.54, 1.807) is 14.0 Å². The van der Waals surface area contributed by atoms with Crippen molar-refractivity contribution in [3.63, 3.8) is 0 Å². The number of Topliss-reactive ketones (excluding diaryl/α,β-unsaturated/α-hetero) is 1. The molecule has 2 heterocycles. The zero-order chi connectivity index (χ0) is 25.4. The number of hydrogen-bond donors (Lipinski definition) is 1. The van der Waals surface area contributed by atoms with Crippen molar-refractivity contribution in [2.24, 2.45) is 7.05 Å². The maximum absolute atomic E-state index is 13.8. The van der Waals surface area contributed by atoms with Gasteiger partial charge in [-0.15, -0.1) is 0 Å². The average Bonchev–Trinajstić information content (AvgIpc) is 3.30. The normalized spacial score (nSPS) is 17.5. The number of hydrogen-bond acceptors (Lipinski definition) is 4. The second-order valence-electron chi connectivity index (χ2n) is 9.23. The number of carbonyl (C=O) groups is 3. The molecule has 1 saturated heterocycles. The molecule has 1 fully saturated rings. The molecule has 0 bridgehead atoms. The molecule has 0 aliphatic carbocycles. The monoisotopic (exact) mass is 481 g/mol. The SMILES string of the molecule is COc1ccccc1C[C@@]1(C)NC(=O)N(CC(=O)c2c(-c3ccccc3)n(C)c3ccccc23)C1=O. The largest absolute Gasteiger partial charge is 0.496 e. The Morgan fingerprint density at radius 3 is 2.36 bits per heavy atom. The summed E-state index contributed by atoms with van der Waals surface area (Å²) >= 11 is 0. The van der Waals surface area contributed by atoms with E-state index in [0.717, 1.165) is 32.6 Å². The third-order valence-electron chi connectivity index (χ3n) is 6.82. The number of amides is 3. The summed E-state index contributed by atoms with van der Waals surface area (Å²) in [6, 6.07) is 24.1. The lowest BCUT2D eigenvalue weighted by Gasteiger charge is -2.22. The minimum Gasteiger partial charge on any atom is -0.496 e. The molecule has 3 amide bonds. The number of urea groups is 1. The van der Waals surface area contributed by atoms with Crippen LogP contribution >= 0.6 is 0 Å². The molecule has 7 heteroatoms. The van der Waals surface area contributed by atoms with Crippen molar-refractivity contribution in [3.8, 4) is 17.0 Å². The van der Waals surface area contributed by atoms with Crippen LogP contribution in [0.2, 0.25) is 0 Å². The smallest absolute Gasteiger partial charge is 0.325 e. The van der Waals surface area contributed by atoms with Crippen LogP contribution in [0, 0.1) is 0 Å². The van der Waals surface area contributed by atoms with Gasteiger partial charge in [-0.3, -0.25) is 14.5 Å². The number of imide groups is 1. The number of nitrogens with one attached hydrogen (secondary N) is 1. The molecular formula is C29H27N3O4. The number of ketones is 1. The van der Waals surface area contributed by atoms with Crippen LogP contribution in [0.15, 0.2) is 78.9 Å². The molecule has 3 aromatic carbocycles. The predicted molar refractivity (Wildman–Crippen MR) is 138 cm³/mol. The maximum Gasteiger partial charge on any atom is 0.325 e. The molecule has 0 unspecified atom stereocenters. The van der Waals surface area contributed by atoms with E-state index in [-0.39, 0.29) is 18.7 Å². The molecular weight excluding hydrogens is 454 g/mol. The van der Waals surface area contributed by atoms with E-state index in [1.807, 2.05) is 90.5 Å². The molecule has 4 aromatic rings. The lowest BCUT2D eigenvalue weighted by Crippen LogP contribution is -2.46. The Morgan fingerprint density at radius 1 is 0.944 bits per heavy atom. The van der Waals surface area contributed by atoms with E-state index in [4.69, 9.17) is 4.74 Å². The molecule has 0 spiro atoms. The van der Waals surface area contributed by atoms with Gasteiger partial charge < -0.3 is 14.6 Å². The summed E-state index contributed by atoms with van der Waals surface area (Å²) < 4.78 is 7.40. The first-order valence-corrected chi connectivity index (χ1v) is 11.8. The molecule has 0 saturated carbocycles. The van der Waals surface area contributed by atoms with E-state index in [1.165, 1.54) is 0 Å². The summed E-state index contributed by atoms with van der Waals surface area (Å²) in [6.07, 6.45) is 0.246. The quantitative estimate of drug-likeness (QED) is 0.309. The van der Waals surface area contributed by atoms with Crippen molar-refractivity contribution >= 4 is 28.6 Å². The van der Waals surface area contributed by atoms with Crippen molar-refractivity contribution in [1.82, 2.24) is 14.8 Å². The third-order valence-corrected chi connectivity index (χ3v) is 6.82. The molecule has 182 valence electrons. The Hall–Kier alpha value is -4.39. The summed E-state index contributed by atoms with van der Waals surface area (Å²) in [6.45, 7) is 1.33. The van der Waals surface area contributed by atoms with Crippen LogP contribution in [0.1, 0.15) is 22.8 Å². The van der Waals surface area contributed by atoms with Gasteiger partial charge in [0.2, 0.25) is 0 Å². The van der Waals surface area contributed by atoms with Gasteiger partial charge in [0.15, 0.2) is 5.78 Å². The van der Waals surface area contributed by atoms with E-state index in [2.05, 4.69) is 5.32 Å². The van der Waals surface area contributed by atoms with Crippen LogP contribution in [-0.2, 0) is 18.3 Å². The van der Waals surface area contributed by atoms with Gasteiger partial charge in [-0.2, -0.15) is 0 Å². The van der Waals surface area contributed by atoms with Crippen LogP contribution in [-0.4, -0.2) is 46.4 Å². The topological polar surface area (TPSA) is 80.6 Å². The maximum atomic E-state index is 13.8. The van der Waals surface area contributed by atoms with Crippen LogP contribution in [0.4, 0.5) is 4.79 Å². The second-order valence-corrected chi connectivity index (χ2v) is 9.23. The Labute approximate surface area is 209 Å². The summed E-state index contributed by atoms with van der Waals surface area (Å²) in [5.74, 6) is -0.0949. The number of rotatable bonds is 7. The number of nitrogens with zero attached hydrogens (tertiary/aromatic N) is 2. The van der Waals surface area contributed by atoms with Crippen LogP contribution in [0.3, 0.4) is 0 Å². The Morgan fingerprint density at radius 2 is 1.61 bits per heavy atom. The van der Waals surface area contributed by atoms with Crippen LogP contribution in [0.5, 0.6) is 5.75 Å². The molecule has 7 nitrogen and oxygen atoms in total. The van der Waals surface area contributed by atoms with E-state index in [0.29, 0.717) is 11.3 Å². The summed E-state index contributed by atoms with van der Waals surface area (Å²) in [5.41, 5.74) is 2.65. The third kappa shape index (κ3) is 3.82. The van der Waals surface area contributed by atoms with E-state index >= 15 is 0 Å². The summed E-state index contributed by atoms with van der Waals surface area (Å²) in [5, 5.41) is 3.58. The summed E-state index contributed by atoms with van der Waals surface area (Å²) in [7, 11) is 3.48. The number of aryl methyl sites for hydroxylation is 1. The Bertz CT molecular complexity index is 1490. The highest BCUT2D eigenvalue weighted by Crippen LogP contribution is 2.34. The van der Waals surface area contributed by atoms with Gasteiger partial charge in [-0.1, -0.05) is 66.7 Å². The minimum atomic E-state index is -1.19. The number of aromatic nitrogens is 1. The molecule has 0 radical (unpaired) electrons. The molecule has 1 aliphatic rings. The van der Waals surface area contributed by atoms with Crippen LogP contribution < -0.4 is 10.1 Å².